The number of carbonyl (C=O) groups is 2. The Hall–Kier alpha value is -1.66. The fourth-order valence-electron chi connectivity index (χ4n) is 1.82. The molecule has 1 fully saturated rings. The molecule has 2 rings (SSSR count). The van der Waals surface area contributed by atoms with Crippen LogP contribution in [0.2, 0.25) is 0 Å². The molecule has 2 aliphatic rings. The van der Waals surface area contributed by atoms with Gasteiger partial charge in [0.25, 0.3) is 0 Å². The van der Waals surface area contributed by atoms with Gasteiger partial charge in [0.2, 0.25) is 0 Å². The van der Waals surface area contributed by atoms with E-state index in [4.69, 9.17) is 14.2 Å². The van der Waals surface area contributed by atoms with Gasteiger partial charge in [-0.25, -0.2) is 9.59 Å². The normalized spacial score (nSPS) is 30.9. The lowest BCUT2D eigenvalue weighted by Gasteiger charge is -2.26. The second-order valence-electron chi connectivity index (χ2n) is 3.91. The first kappa shape index (κ1) is 12.8. The Morgan fingerprint density at radius 2 is 2.44 bits per heavy atom. The summed E-state index contributed by atoms with van der Waals surface area (Å²) in [4.78, 5) is 22.4. The molecule has 0 aromatic rings. The van der Waals surface area contributed by atoms with E-state index in [0.717, 1.165) is 0 Å². The third-order valence-corrected chi connectivity index (χ3v) is 2.67. The molecular formula is C12H14O6. The minimum atomic E-state index is -0.979. The Morgan fingerprint density at radius 3 is 3.17 bits per heavy atom. The number of aliphatic hydroxyl groups is 1. The van der Waals surface area contributed by atoms with Gasteiger partial charge < -0.3 is 19.3 Å². The third-order valence-electron chi connectivity index (χ3n) is 2.67. The van der Waals surface area contributed by atoms with Gasteiger partial charge in [0.15, 0.2) is 0 Å². The van der Waals surface area contributed by atoms with E-state index in [-0.39, 0.29) is 13.2 Å². The van der Waals surface area contributed by atoms with Gasteiger partial charge >= 0.3 is 11.9 Å². The van der Waals surface area contributed by atoms with Gasteiger partial charge in [-0.15, -0.1) is 0 Å². The highest BCUT2D eigenvalue weighted by Gasteiger charge is 2.38. The molecular weight excluding hydrogens is 240 g/mol. The number of esters is 2. The van der Waals surface area contributed by atoms with Crippen molar-refractivity contribution in [2.45, 2.75) is 25.2 Å². The van der Waals surface area contributed by atoms with E-state index in [2.05, 4.69) is 0 Å². The van der Waals surface area contributed by atoms with Crippen molar-refractivity contribution in [2.24, 2.45) is 0 Å². The topological polar surface area (TPSA) is 82.1 Å². The van der Waals surface area contributed by atoms with Crippen LogP contribution in [0.3, 0.4) is 0 Å². The first-order valence-electron chi connectivity index (χ1n) is 5.69. The van der Waals surface area contributed by atoms with Crippen LogP contribution in [0.25, 0.3) is 0 Å². The number of carbonyl (C=O) groups excluding carboxylic acids is 2. The van der Waals surface area contributed by atoms with Gasteiger partial charge in [-0.3, -0.25) is 0 Å². The number of hydrogen-bond acceptors (Lipinski definition) is 6. The van der Waals surface area contributed by atoms with E-state index in [1.54, 1.807) is 6.92 Å². The molecule has 0 amide bonds. The van der Waals surface area contributed by atoms with Crippen molar-refractivity contribution in [3.05, 3.63) is 23.8 Å². The van der Waals surface area contributed by atoms with Crippen molar-refractivity contribution >= 4 is 11.9 Å². The molecule has 0 aromatic heterocycles. The van der Waals surface area contributed by atoms with Crippen molar-refractivity contribution in [1.29, 1.82) is 0 Å². The van der Waals surface area contributed by atoms with Crippen LogP contribution in [-0.4, -0.2) is 48.6 Å². The van der Waals surface area contributed by atoms with Gasteiger partial charge in [-0.1, -0.05) is 0 Å². The van der Waals surface area contributed by atoms with Crippen molar-refractivity contribution in [3.8, 4) is 0 Å². The molecule has 2 aliphatic heterocycles. The lowest BCUT2D eigenvalue weighted by Crippen LogP contribution is -2.36. The number of cyclic esters (lactones) is 1. The van der Waals surface area contributed by atoms with Crippen molar-refractivity contribution in [1.82, 2.24) is 0 Å². The maximum Gasteiger partial charge on any atom is 0.336 e. The number of ether oxygens (including phenoxy) is 3. The summed E-state index contributed by atoms with van der Waals surface area (Å²) >= 11 is 0. The van der Waals surface area contributed by atoms with Gasteiger partial charge in [-0.05, 0) is 19.1 Å². The maximum atomic E-state index is 11.2. The van der Waals surface area contributed by atoms with Crippen LogP contribution in [0.15, 0.2) is 23.8 Å². The van der Waals surface area contributed by atoms with Gasteiger partial charge in [0.05, 0.1) is 12.2 Å². The molecule has 0 radical (unpaired) electrons. The van der Waals surface area contributed by atoms with Crippen LogP contribution in [-0.2, 0) is 23.8 Å². The average molecular weight is 254 g/mol. The zero-order chi connectivity index (χ0) is 13.1. The molecule has 98 valence electrons. The van der Waals surface area contributed by atoms with E-state index < -0.39 is 30.3 Å². The van der Waals surface area contributed by atoms with Gasteiger partial charge in [0.1, 0.15) is 24.9 Å². The molecule has 0 saturated carbocycles. The van der Waals surface area contributed by atoms with E-state index in [1.807, 2.05) is 0 Å². The van der Waals surface area contributed by atoms with E-state index >= 15 is 0 Å². The zero-order valence-corrected chi connectivity index (χ0v) is 9.87. The molecule has 0 bridgehead atoms. The minimum Gasteiger partial charge on any atom is -0.463 e. The fourth-order valence-corrected chi connectivity index (χ4v) is 1.82. The Balaban J connectivity index is 2.02. The number of rotatable bonds is 3. The van der Waals surface area contributed by atoms with Crippen molar-refractivity contribution in [2.75, 3.05) is 13.2 Å². The first-order valence-corrected chi connectivity index (χ1v) is 5.69. The summed E-state index contributed by atoms with van der Waals surface area (Å²) in [6.45, 7) is 2.13. The Kier molecular flexibility index (Phi) is 3.78. The summed E-state index contributed by atoms with van der Waals surface area (Å²) in [6.07, 6.45) is 1.89. The minimum absolute atomic E-state index is 0.140. The molecule has 0 aromatic carbocycles. The maximum absolute atomic E-state index is 11.2. The van der Waals surface area contributed by atoms with Crippen LogP contribution in [0.4, 0.5) is 0 Å². The molecule has 2 heterocycles. The lowest BCUT2D eigenvalue weighted by atomic mass is 10.0. The summed E-state index contributed by atoms with van der Waals surface area (Å²) in [6, 6.07) is 0. The monoisotopic (exact) mass is 254 g/mol. The summed E-state index contributed by atoms with van der Waals surface area (Å²) in [5.41, 5.74) is 0.336. The molecule has 1 saturated heterocycles. The Morgan fingerprint density at radius 1 is 1.67 bits per heavy atom. The second-order valence-corrected chi connectivity index (χ2v) is 3.91. The van der Waals surface area contributed by atoms with Crippen molar-refractivity contribution in [3.63, 3.8) is 0 Å². The third kappa shape index (κ3) is 2.60. The number of hydrogen-bond donors (Lipinski definition) is 1. The number of fused-ring (bicyclic) bond motifs is 1. The largest absolute Gasteiger partial charge is 0.463 e. The molecule has 0 aliphatic carbocycles. The predicted molar refractivity (Wildman–Crippen MR) is 59.5 cm³/mol. The number of aliphatic hydroxyl groups excluding tert-OH is 1. The predicted octanol–water partition coefficient (Wildman–Crippen LogP) is -0.283. The Labute approximate surface area is 104 Å². The molecule has 6 heteroatoms. The highest BCUT2D eigenvalue weighted by Crippen LogP contribution is 2.26. The van der Waals surface area contributed by atoms with E-state index in [1.165, 1.54) is 18.2 Å². The summed E-state index contributed by atoms with van der Waals surface area (Å²) in [5.74, 6) is -0.964. The summed E-state index contributed by atoms with van der Waals surface area (Å²) in [5, 5.41) is 9.76. The quantitative estimate of drug-likeness (QED) is 0.551. The second kappa shape index (κ2) is 5.32. The SMILES string of the molecule is CCOC(=O)/C=C/C1OC2COC(=O)C2=CC1O. The van der Waals surface area contributed by atoms with Gasteiger partial charge in [0, 0.05) is 6.08 Å². The lowest BCUT2D eigenvalue weighted by molar-refractivity contribution is -0.137. The molecule has 1 N–H and O–H groups in total. The van der Waals surface area contributed by atoms with Crippen LogP contribution >= 0.6 is 0 Å². The molecule has 0 spiro atoms. The van der Waals surface area contributed by atoms with Crippen LogP contribution in [0, 0.1) is 0 Å². The summed E-state index contributed by atoms with van der Waals surface area (Å²) in [7, 11) is 0. The highest BCUT2D eigenvalue weighted by atomic mass is 16.6. The standard InChI is InChI=1S/C12H14O6/c1-2-16-11(14)4-3-9-8(13)5-7-10(18-9)6-17-12(7)15/h3-5,8-10,13H,2,6H2,1H3/b4-3+. The van der Waals surface area contributed by atoms with Gasteiger partial charge in [-0.2, -0.15) is 0 Å². The smallest absolute Gasteiger partial charge is 0.336 e. The van der Waals surface area contributed by atoms with E-state index in [9.17, 15) is 14.7 Å². The van der Waals surface area contributed by atoms with Crippen molar-refractivity contribution < 1.29 is 28.9 Å². The fraction of sp³-hybridized carbons (Fsp3) is 0.500. The van der Waals surface area contributed by atoms with Crippen LogP contribution < -0.4 is 0 Å². The van der Waals surface area contributed by atoms with Crippen LogP contribution in [0.5, 0.6) is 0 Å². The first-order chi connectivity index (χ1) is 8.61. The Bertz CT molecular complexity index is 411. The highest BCUT2D eigenvalue weighted by molar-refractivity contribution is 5.92. The molecule has 3 atom stereocenters. The average Bonchev–Trinajstić information content (AvgIpc) is 2.68. The van der Waals surface area contributed by atoms with E-state index in [0.29, 0.717) is 5.57 Å². The zero-order valence-electron chi connectivity index (χ0n) is 9.87. The molecule has 3 unspecified atom stereocenters. The van der Waals surface area contributed by atoms with Crippen LogP contribution in [0.1, 0.15) is 6.92 Å². The molecule has 6 nitrogen and oxygen atoms in total. The molecule has 18 heavy (non-hydrogen) atoms. The summed E-state index contributed by atoms with van der Waals surface area (Å²) < 4.78 is 15.0.